The van der Waals surface area contributed by atoms with Crippen molar-refractivity contribution in [2.45, 2.75) is 19.9 Å². The zero-order chi connectivity index (χ0) is 15.2. The van der Waals surface area contributed by atoms with E-state index in [-0.39, 0.29) is 11.7 Å². The molecule has 0 amide bonds. The molecule has 108 valence electrons. The number of rotatable bonds is 5. The second-order valence-electron chi connectivity index (χ2n) is 5.08. The van der Waals surface area contributed by atoms with Crippen molar-refractivity contribution in [1.29, 1.82) is 0 Å². The van der Waals surface area contributed by atoms with Crippen molar-refractivity contribution in [2.75, 3.05) is 5.32 Å². The topological polar surface area (TPSA) is 55.2 Å². The molecule has 0 aliphatic heterocycles. The molecule has 2 aromatic carbocycles. The fraction of sp³-hybridized carbons (Fsp3) is 0.176. The smallest absolute Gasteiger partial charge is 0.269 e. The van der Waals surface area contributed by atoms with Gasteiger partial charge in [-0.3, -0.25) is 10.1 Å². The Morgan fingerprint density at radius 2 is 1.71 bits per heavy atom. The molecule has 0 bridgehead atoms. The Kier molecular flexibility index (Phi) is 4.72. The Labute approximate surface area is 124 Å². The van der Waals surface area contributed by atoms with Crippen LogP contribution in [0.25, 0.3) is 0 Å². The molecule has 4 heteroatoms. The first-order valence-corrected chi connectivity index (χ1v) is 6.77. The first-order chi connectivity index (χ1) is 10.1. The summed E-state index contributed by atoms with van der Waals surface area (Å²) < 4.78 is 0. The fourth-order valence-electron chi connectivity index (χ4n) is 2.07. The van der Waals surface area contributed by atoms with Crippen molar-refractivity contribution in [3.8, 4) is 0 Å². The normalized spacial score (nSPS) is 11.5. The molecule has 0 fully saturated rings. The molecule has 0 radical (unpaired) electrons. The van der Waals surface area contributed by atoms with Crippen molar-refractivity contribution in [2.24, 2.45) is 0 Å². The van der Waals surface area contributed by atoms with E-state index >= 15 is 0 Å². The van der Waals surface area contributed by atoms with Crippen LogP contribution in [-0.4, -0.2) is 4.92 Å². The molecule has 1 atom stereocenters. The van der Waals surface area contributed by atoms with Gasteiger partial charge >= 0.3 is 0 Å². The molecule has 0 aliphatic carbocycles. The number of nitrogens with one attached hydrogen (secondary N) is 1. The number of allylic oxidation sites excluding steroid dienone is 1. The maximum atomic E-state index is 10.7. The zero-order valence-corrected chi connectivity index (χ0v) is 12.1. The Balaban J connectivity index is 2.23. The molecule has 21 heavy (non-hydrogen) atoms. The Morgan fingerprint density at radius 1 is 1.10 bits per heavy atom. The minimum atomic E-state index is -0.394. The molecule has 0 heterocycles. The second-order valence-corrected chi connectivity index (χ2v) is 5.08. The zero-order valence-electron chi connectivity index (χ0n) is 12.1. The van der Waals surface area contributed by atoms with Crippen LogP contribution in [0.3, 0.4) is 0 Å². The SMILES string of the molecule is CC(C)=CC(Nc1ccc([N+](=O)[O-])cc1)c1ccccc1. The number of nitro groups is 1. The Hall–Kier alpha value is -2.62. The highest BCUT2D eigenvalue weighted by atomic mass is 16.6. The maximum Gasteiger partial charge on any atom is 0.269 e. The first kappa shape index (κ1) is 14.8. The average molecular weight is 282 g/mol. The van der Waals surface area contributed by atoms with E-state index in [2.05, 4.69) is 23.5 Å². The largest absolute Gasteiger partial charge is 0.375 e. The summed E-state index contributed by atoms with van der Waals surface area (Å²) in [6.45, 7) is 4.10. The minimum Gasteiger partial charge on any atom is -0.375 e. The summed E-state index contributed by atoms with van der Waals surface area (Å²) in [5.41, 5.74) is 3.31. The van der Waals surface area contributed by atoms with E-state index < -0.39 is 4.92 Å². The molecule has 1 unspecified atom stereocenters. The third-order valence-electron chi connectivity index (χ3n) is 3.06. The van der Waals surface area contributed by atoms with Gasteiger partial charge in [-0.25, -0.2) is 0 Å². The summed E-state index contributed by atoms with van der Waals surface area (Å²) in [5, 5.41) is 14.1. The van der Waals surface area contributed by atoms with Gasteiger partial charge in [0.2, 0.25) is 0 Å². The number of hydrogen-bond donors (Lipinski definition) is 1. The van der Waals surface area contributed by atoms with Gasteiger partial charge in [0.1, 0.15) is 0 Å². The fourth-order valence-corrected chi connectivity index (χ4v) is 2.07. The summed E-state index contributed by atoms with van der Waals surface area (Å²) in [7, 11) is 0. The molecule has 0 saturated carbocycles. The maximum absolute atomic E-state index is 10.7. The van der Waals surface area contributed by atoms with Crippen molar-refractivity contribution < 1.29 is 4.92 Å². The molecule has 0 aliphatic rings. The van der Waals surface area contributed by atoms with E-state index in [0.29, 0.717) is 0 Å². The summed E-state index contributed by atoms with van der Waals surface area (Å²) in [6.07, 6.45) is 2.14. The van der Waals surface area contributed by atoms with Gasteiger partial charge in [0.15, 0.2) is 0 Å². The van der Waals surface area contributed by atoms with Gasteiger partial charge in [0, 0.05) is 17.8 Å². The first-order valence-electron chi connectivity index (χ1n) is 6.77. The standard InChI is InChI=1S/C17H18N2O2/c1-13(2)12-17(14-6-4-3-5-7-14)18-15-8-10-16(11-9-15)19(20)21/h3-12,17-18H,1-2H3. The molecule has 0 saturated heterocycles. The van der Waals surface area contributed by atoms with Gasteiger partial charge in [-0.2, -0.15) is 0 Å². The van der Waals surface area contributed by atoms with E-state index in [0.717, 1.165) is 11.3 Å². The van der Waals surface area contributed by atoms with Gasteiger partial charge in [0.05, 0.1) is 11.0 Å². The van der Waals surface area contributed by atoms with Crippen molar-refractivity contribution in [1.82, 2.24) is 0 Å². The van der Waals surface area contributed by atoms with Gasteiger partial charge in [-0.15, -0.1) is 0 Å². The molecule has 4 nitrogen and oxygen atoms in total. The summed E-state index contributed by atoms with van der Waals surface area (Å²) in [4.78, 5) is 10.3. The molecule has 0 spiro atoms. The van der Waals surface area contributed by atoms with Crippen LogP contribution in [0.4, 0.5) is 11.4 Å². The van der Waals surface area contributed by atoms with Crippen LogP contribution in [0.5, 0.6) is 0 Å². The monoisotopic (exact) mass is 282 g/mol. The van der Waals surface area contributed by atoms with Gasteiger partial charge < -0.3 is 5.32 Å². The molecular weight excluding hydrogens is 264 g/mol. The highest BCUT2D eigenvalue weighted by Crippen LogP contribution is 2.23. The highest BCUT2D eigenvalue weighted by Gasteiger charge is 2.09. The van der Waals surface area contributed by atoms with Crippen LogP contribution in [0, 0.1) is 10.1 Å². The lowest BCUT2D eigenvalue weighted by molar-refractivity contribution is -0.384. The van der Waals surface area contributed by atoms with Gasteiger partial charge in [0.25, 0.3) is 5.69 Å². The number of non-ortho nitro benzene ring substituents is 1. The van der Waals surface area contributed by atoms with Crippen LogP contribution in [0.1, 0.15) is 25.5 Å². The Morgan fingerprint density at radius 3 is 2.24 bits per heavy atom. The quantitative estimate of drug-likeness (QED) is 0.490. The molecule has 0 aromatic heterocycles. The van der Waals surface area contributed by atoms with E-state index in [9.17, 15) is 10.1 Å². The summed E-state index contributed by atoms with van der Waals surface area (Å²) in [5.74, 6) is 0. The van der Waals surface area contributed by atoms with E-state index in [1.54, 1.807) is 12.1 Å². The second kappa shape index (κ2) is 6.70. The number of nitro benzene ring substituents is 1. The predicted molar refractivity (Wildman–Crippen MR) is 85.3 cm³/mol. The lowest BCUT2D eigenvalue weighted by Crippen LogP contribution is -2.08. The number of nitrogens with zero attached hydrogens (tertiary/aromatic N) is 1. The van der Waals surface area contributed by atoms with Crippen LogP contribution in [0.15, 0.2) is 66.2 Å². The van der Waals surface area contributed by atoms with Crippen molar-refractivity contribution >= 4 is 11.4 Å². The lowest BCUT2D eigenvalue weighted by Gasteiger charge is -2.17. The minimum absolute atomic E-state index is 0.0395. The highest BCUT2D eigenvalue weighted by molar-refractivity contribution is 5.51. The summed E-state index contributed by atoms with van der Waals surface area (Å²) >= 11 is 0. The number of hydrogen-bond acceptors (Lipinski definition) is 3. The van der Waals surface area contributed by atoms with Gasteiger partial charge in [-0.05, 0) is 31.5 Å². The number of anilines is 1. The van der Waals surface area contributed by atoms with Crippen LogP contribution in [-0.2, 0) is 0 Å². The van der Waals surface area contributed by atoms with E-state index in [1.165, 1.54) is 17.7 Å². The average Bonchev–Trinajstić information content (AvgIpc) is 2.47. The van der Waals surface area contributed by atoms with Crippen molar-refractivity contribution in [3.63, 3.8) is 0 Å². The third-order valence-corrected chi connectivity index (χ3v) is 3.06. The predicted octanol–water partition coefficient (Wildman–Crippen LogP) is 4.71. The summed E-state index contributed by atoms with van der Waals surface area (Å²) in [6, 6.07) is 16.6. The Bertz CT molecular complexity index is 630. The van der Waals surface area contributed by atoms with Crippen LogP contribution in [0.2, 0.25) is 0 Å². The molecule has 2 aromatic rings. The molecular formula is C17H18N2O2. The van der Waals surface area contributed by atoms with E-state index in [1.807, 2.05) is 32.0 Å². The van der Waals surface area contributed by atoms with Crippen molar-refractivity contribution in [3.05, 3.63) is 81.9 Å². The number of benzene rings is 2. The van der Waals surface area contributed by atoms with Crippen LogP contribution >= 0.6 is 0 Å². The lowest BCUT2D eigenvalue weighted by atomic mass is 10.0. The molecule has 1 N–H and O–H groups in total. The van der Waals surface area contributed by atoms with Crippen LogP contribution < -0.4 is 5.32 Å². The van der Waals surface area contributed by atoms with Gasteiger partial charge in [-0.1, -0.05) is 42.0 Å². The van der Waals surface area contributed by atoms with E-state index in [4.69, 9.17) is 0 Å². The molecule has 2 rings (SSSR count). The third kappa shape index (κ3) is 4.18.